The minimum absolute atomic E-state index is 0.0623. The van der Waals surface area contributed by atoms with Crippen LogP contribution in [-0.4, -0.2) is 23.8 Å². The normalized spacial score (nSPS) is 21.8. The van der Waals surface area contributed by atoms with Crippen molar-refractivity contribution in [3.8, 4) is 5.75 Å². The summed E-state index contributed by atoms with van der Waals surface area (Å²) in [4.78, 5) is 9.00. The highest BCUT2D eigenvalue weighted by Crippen LogP contribution is 2.17. The molecule has 1 aromatic rings. The van der Waals surface area contributed by atoms with Gasteiger partial charge in [-0.05, 0) is 36.0 Å². The molecule has 1 N–H and O–H groups in total. The van der Waals surface area contributed by atoms with E-state index in [0.717, 1.165) is 22.9 Å². The number of ether oxygens (including phenoxy) is 1. The summed E-state index contributed by atoms with van der Waals surface area (Å²) >= 11 is 5.16. The van der Waals surface area contributed by atoms with E-state index in [1.807, 2.05) is 42.5 Å². The van der Waals surface area contributed by atoms with E-state index < -0.39 is 0 Å². The smallest absolute Gasteiger partial charge is 0.198 e. The first kappa shape index (κ1) is 13.7. The van der Waals surface area contributed by atoms with Crippen molar-refractivity contribution in [1.82, 2.24) is 5.32 Å². The fraction of sp³-hybridized carbons (Fsp3) is 0.188. The van der Waals surface area contributed by atoms with Crippen LogP contribution in [0.1, 0.15) is 5.56 Å². The third-order valence-electron chi connectivity index (χ3n) is 3.33. The second kappa shape index (κ2) is 6.01. The van der Waals surface area contributed by atoms with Crippen LogP contribution in [0, 0.1) is 5.92 Å². The van der Waals surface area contributed by atoms with Gasteiger partial charge in [-0.15, -0.1) is 0 Å². The van der Waals surface area contributed by atoms with Crippen LogP contribution in [0.25, 0.3) is 0 Å². The van der Waals surface area contributed by atoms with Gasteiger partial charge in [-0.3, -0.25) is 4.99 Å². The van der Waals surface area contributed by atoms with Gasteiger partial charge in [-0.25, -0.2) is 4.99 Å². The van der Waals surface area contributed by atoms with Crippen molar-refractivity contribution >= 4 is 28.9 Å². The summed E-state index contributed by atoms with van der Waals surface area (Å²) in [6.45, 7) is 0.573. The van der Waals surface area contributed by atoms with Crippen molar-refractivity contribution in [2.75, 3.05) is 7.11 Å². The number of benzene rings is 1. The molecule has 1 aliphatic carbocycles. The fourth-order valence-corrected chi connectivity index (χ4v) is 2.50. The Morgan fingerprint density at radius 3 is 3.14 bits per heavy atom. The van der Waals surface area contributed by atoms with Crippen LogP contribution in [0.5, 0.6) is 5.75 Å². The molecule has 2 aliphatic rings. The molecule has 21 heavy (non-hydrogen) atoms. The molecule has 0 saturated carbocycles. The van der Waals surface area contributed by atoms with Gasteiger partial charge in [0.1, 0.15) is 11.6 Å². The van der Waals surface area contributed by atoms with Crippen molar-refractivity contribution in [3.05, 3.63) is 54.1 Å². The largest absolute Gasteiger partial charge is 0.497 e. The minimum atomic E-state index is 0.0623. The van der Waals surface area contributed by atoms with Gasteiger partial charge < -0.3 is 10.1 Å². The predicted molar refractivity (Wildman–Crippen MR) is 89.1 cm³/mol. The van der Waals surface area contributed by atoms with E-state index in [0.29, 0.717) is 11.7 Å². The standard InChI is InChI=1S/C16H15N3OS/c1-20-12-6-4-5-11(9-12)10-17-15-13-7-2-3-8-14(13)18-16(21)19-15/h2-9,13H,10H2,1H3,(H,17,19,21). The highest BCUT2D eigenvalue weighted by atomic mass is 32.1. The number of thiocarbonyl (C=S) groups is 1. The highest BCUT2D eigenvalue weighted by molar-refractivity contribution is 7.80. The number of aliphatic imine (C=N–C) groups is 2. The molecule has 1 atom stereocenters. The number of methoxy groups -OCH3 is 1. The summed E-state index contributed by atoms with van der Waals surface area (Å²) < 4.78 is 5.23. The SMILES string of the molecule is COc1cccc(CN=C2NC(=S)N=C3C=CC=CC32)c1. The molecule has 1 aliphatic heterocycles. The van der Waals surface area contributed by atoms with E-state index in [1.54, 1.807) is 7.11 Å². The van der Waals surface area contributed by atoms with Crippen molar-refractivity contribution in [1.29, 1.82) is 0 Å². The molecule has 3 rings (SSSR count). The number of amidine groups is 1. The first-order valence-electron chi connectivity index (χ1n) is 6.68. The van der Waals surface area contributed by atoms with E-state index in [9.17, 15) is 0 Å². The van der Waals surface area contributed by atoms with E-state index >= 15 is 0 Å². The Morgan fingerprint density at radius 2 is 2.29 bits per heavy atom. The van der Waals surface area contributed by atoms with Crippen LogP contribution in [0.3, 0.4) is 0 Å². The zero-order chi connectivity index (χ0) is 14.7. The monoisotopic (exact) mass is 297 g/mol. The van der Waals surface area contributed by atoms with Crippen LogP contribution in [0.2, 0.25) is 0 Å². The quantitative estimate of drug-likeness (QED) is 0.873. The van der Waals surface area contributed by atoms with Crippen molar-refractivity contribution in [3.63, 3.8) is 0 Å². The van der Waals surface area contributed by atoms with Crippen LogP contribution in [-0.2, 0) is 6.54 Å². The fourth-order valence-electron chi connectivity index (χ4n) is 2.29. The molecule has 1 heterocycles. The average molecular weight is 297 g/mol. The summed E-state index contributed by atoms with van der Waals surface area (Å²) in [5, 5.41) is 3.56. The van der Waals surface area contributed by atoms with E-state index in [4.69, 9.17) is 17.0 Å². The Labute approximate surface area is 129 Å². The number of rotatable bonds is 3. The van der Waals surface area contributed by atoms with Gasteiger partial charge in [0.15, 0.2) is 5.11 Å². The summed E-state index contributed by atoms with van der Waals surface area (Å²) in [7, 11) is 1.66. The van der Waals surface area contributed by atoms with E-state index in [1.165, 1.54) is 0 Å². The van der Waals surface area contributed by atoms with Gasteiger partial charge in [0.2, 0.25) is 0 Å². The number of fused-ring (bicyclic) bond motifs is 1. The lowest BCUT2D eigenvalue weighted by Crippen LogP contribution is -2.42. The van der Waals surface area contributed by atoms with Gasteiger partial charge in [0, 0.05) is 0 Å². The van der Waals surface area contributed by atoms with Crippen LogP contribution >= 0.6 is 12.2 Å². The van der Waals surface area contributed by atoms with E-state index in [-0.39, 0.29) is 5.92 Å². The molecule has 0 radical (unpaired) electrons. The molecule has 0 bridgehead atoms. The third-order valence-corrected chi connectivity index (χ3v) is 3.52. The lowest BCUT2D eigenvalue weighted by atomic mass is 9.96. The number of nitrogens with one attached hydrogen (secondary N) is 1. The van der Waals surface area contributed by atoms with Crippen molar-refractivity contribution < 1.29 is 4.74 Å². The lowest BCUT2D eigenvalue weighted by Gasteiger charge is -2.24. The summed E-state index contributed by atoms with van der Waals surface area (Å²) in [6, 6.07) is 7.89. The number of hydrogen-bond donors (Lipinski definition) is 1. The van der Waals surface area contributed by atoms with Crippen LogP contribution in [0.4, 0.5) is 0 Å². The Kier molecular flexibility index (Phi) is 3.92. The zero-order valence-corrected chi connectivity index (χ0v) is 12.4. The summed E-state index contributed by atoms with van der Waals surface area (Å²) in [5.74, 6) is 1.74. The summed E-state index contributed by atoms with van der Waals surface area (Å²) in [5.41, 5.74) is 2.03. The topological polar surface area (TPSA) is 46.0 Å². The first-order chi connectivity index (χ1) is 10.3. The average Bonchev–Trinajstić information content (AvgIpc) is 2.52. The molecule has 0 aromatic heterocycles. The molecule has 4 nitrogen and oxygen atoms in total. The first-order valence-corrected chi connectivity index (χ1v) is 7.09. The highest BCUT2D eigenvalue weighted by Gasteiger charge is 2.24. The van der Waals surface area contributed by atoms with Gasteiger partial charge in [0.05, 0.1) is 25.3 Å². The maximum Gasteiger partial charge on any atom is 0.198 e. The Bertz CT molecular complexity index is 689. The van der Waals surface area contributed by atoms with Crippen LogP contribution < -0.4 is 10.1 Å². The zero-order valence-electron chi connectivity index (χ0n) is 11.6. The van der Waals surface area contributed by atoms with Gasteiger partial charge >= 0.3 is 0 Å². The van der Waals surface area contributed by atoms with Gasteiger partial charge in [-0.1, -0.05) is 30.4 Å². The second-order valence-corrected chi connectivity index (χ2v) is 5.13. The maximum atomic E-state index is 5.23. The van der Waals surface area contributed by atoms with Crippen molar-refractivity contribution in [2.24, 2.45) is 15.9 Å². The molecule has 0 fully saturated rings. The number of hydrogen-bond acceptors (Lipinski definition) is 3. The molecule has 106 valence electrons. The van der Waals surface area contributed by atoms with Crippen LogP contribution in [0.15, 0.2) is 58.6 Å². The van der Waals surface area contributed by atoms with Crippen molar-refractivity contribution in [2.45, 2.75) is 6.54 Å². The molecule has 5 heteroatoms. The number of nitrogens with zero attached hydrogens (tertiary/aromatic N) is 2. The lowest BCUT2D eigenvalue weighted by molar-refractivity contribution is 0.414. The second-order valence-electron chi connectivity index (χ2n) is 4.74. The molecular weight excluding hydrogens is 282 g/mol. The molecule has 0 saturated heterocycles. The molecular formula is C16H15N3OS. The van der Waals surface area contributed by atoms with Gasteiger partial charge in [0.25, 0.3) is 0 Å². The number of allylic oxidation sites excluding steroid dienone is 3. The maximum absolute atomic E-state index is 5.23. The predicted octanol–water partition coefficient (Wildman–Crippen LogP) is 2.67. The molecule has 0 amide bonds. The minimum Gasteiger partial charge on any atom is -0.497 e. The Morgan fingerprint density at radius 1 is 1.38 bits per heavy atom. The van der Waals surface area contributed by atoms with E-state index in [2.05, 4.69) is 21.4 Å². The third kappa shape index (κ3) is 3.08. The summed E-state index contributed by atoms with van der Waals surface area (Å²) in [6.07, 6.45) is 8.00. The Hall–Kier alpha value is -2.27. The molecule has 1 aromatic carbocycles. The van der Waals surface area contributed by atoms with Gasteiger partial charge in [-0.2, -0.15) is 0 Å². The molecule has 1 unspecified atom stereocenters. The Balaban J connectivity index is 1.82. The molecule has 0 spiro atoms.